The number of nitrogens with zero attached hydrogens (tertiary/aromatic N) is 1. The van der Waals surface area contributed by atoms with Gasteiger partial charge < -0.3 is 10.1 Å². The second kappa shape index (κ2) is 6.26. The number of ether oxygens (including phenoxy) is 1. The molecule has 0 aliphatic rings. The van der Waals surface area contributed by atoms with Crippen molar-refractivity contribution < 1.29 is 17.9 Å². The van der Waals surface area contributed by atoms with Crippen molar-refractivity contribution in [1.29, 1.82) is 5.26 Å². The molecule has 1 rings (SSSR count). The van der Waals surface area contributed by atoms with E-state index in [-0.39, 0.29) is 6.54 Å². The molecule has 0 aromatic heterocycles. The lowest BCUT2D eigenvalue weighted by atomic mass is 10.1. The predicted molar refractivity (Wildman–Crippen MR) is 60.1 cm³/mol. The van der Waals surface area contributed by atoms with Crippen LogP contribution >= 0.6 is 0 Å². The number of rotatable bonds is 5. The zero-order chi connectivity index (χ0) is 13.6. The first-order valence-electron chi connectivity index (χ1n) is 5.31. The van der Waals surface area contributed by atoms with Crippen LogP contribution in [0, 0.1) is 11.3 Å². The Morgan fingerprint density at radius 1 is 1.39 bits per heavy atom. The summed E-state index contributed by atoms with van der Waals surface area (Å²) in [6.45, 7) is 0.171. The van der Waals surface area contributed by atoms with Gasteiger partial charge in [0.1, 0.15) is 11.8 Å². The number of halogens is 3. The van der Waals surface area contributed by atoms with Gasteiger partial charge in [-0.25, -0.2) is 0 Å². The Bertz CT molecular complexity index is 438. The highest BCUT2D eigenvalue weighted by atomic mass is 19.4. The normalized spacial score (nSPS) is 11.1. The van der Waals surface area contributed by atoms with Crippen LogP contribution in [0.25, 0.3) is 0 Å². The van der Waals surface area contributed by atoms with Gasteiger partial charge in [0.15, 0.2) is 0 Å². The summed E-state index contributed by atoms with van der Waals surface area (Å²) in [5.74, 6) is 0.424. The monoisotopic (exact) mass is 258 g/mol. The van der Waals surface area contributed by atoms with E-state index in [0.717, 1.165) is 5.56 Å². The standard InChI is InChI=1S/C12H13F3N2O/c1-18-11-6-9(2-3-10(11)7-16)8-17-5-4-12(13,14)15/h2-3,6,17H,4-5,8H2,1H3. The molecule has 0 atom stereocenters. The average Bonchev–Trinajstić information content (AvgIpc) is 2.33. The van der Waals surface area contributed by atoms with Gasteiger partial charge in [-0.2, -0.15) is 18.4 Å². The van der Waals surface area contributed by atoms with E-state index in [0.29, 0.717) is 17.9 Å². The van der Waals surface area contributed by atoms with E-state index in [9.17, 15) is 13.2 Å². The summed E-state index contributed by atoms with van der Waals surface area (Å²) in [7, 11) is 1.44. The number of hydrogen-bond acceptors (Lipinski definition) is 3. The topological polar surface area (TPSA) is 45.0 Å². The first-order chi connectivity index (χ1) is 8.46. The molecule has 0 aliphatic heterocycles. The molecule has 0 bridgehead atoms. The van der Waals surface area contributed by atoms with Crippen LogP contribution in [-0.2, 0) is 6.54 Å². The van der Waals surface area contributed by atoms with E-state index in [2.05, 4.69) is 5.32 Å². The minimum atomic E-state index is -4.14. The summed E-state index contributed by atoms with van der Waals surface area (Å²) in [5.41, 5.74) is 1.17. The maximum absolute atomic E-state index is 11.9. The van der Waals surface area contributed by atoms with Crippen molar-refractivity contribution in [1.82, 2.24) is 5.32 Å². The van der Waals surface area contributed by atoms with Gasteiger partial charge in [0.05, 0.1) is 19.1 Å². The smallest absolute Gasteiger partial charge is 0.390 e. The highest BCUT2D eigenvalue weighted by Gasteiger charge is 2.25. The molecule has 0 fully saturated rings. The Balaban J connectivity index is 2.51. The molecule has 3 nitrogen and oxygen atoms in total. The summed E-state index contributed by atoms with van der Waals surface area (Å²) in [5, 5.41) is 11.5. The summed E-state index contributed by atoms with van der Waals surface area (Å²) >= 11 is 0. The lowest BCUT2D eigenvalue weighted by Gasteiger charge is -2.09. The molecule has 0 heterocycles. The van der Waals surface area contributed by atoms with Gasteiger partial charge in [0.2, 0.25) is 0 Å². The van der Waals surface area contributed by atoms with Crippen molar-refractivity contribution in [3.8, 4) is 11.8 Å². The van der Waals surface area contributed by atoms with E-state index < -0.39 is 12.6 Å². The number of benzene rings is 1. The third-order valence-electron chi connectivity index (χ3n) is 2.30. The van der Waals surface area contributed by atoms with Crippen molar-refractivity contribution >= 4 is 0 Å². The van der Waals surface area contributed by atoms with E-state index in [1.165, 1.54) is 7.11 Å². The van der Waals surface area contributed by atoms with Crippen LogP contribution in [0.3, 0.4) is 0 Å². The van der Waals surface area contributed by atoms with Gasteiger partial charge in [-0.15, -0.1) is 0 Å². The lowest BCUT2D eigenvalue weighted by Crippen LogP contribution is -2.21. The third-order valence-corrected chi connectivity index (χ3v) is 2.30. The van der Waals surface area contributed by atoms with Crippen LogP contribution < -0.4 is 10.1 Å². The highest BCUT2D eigenvalue weighted by Crippen LogP contribution is 2.20. The van der Waals surface area contributed by atoms with E-state index >= 15 is 0 Å². The maximum atomic E-state index is 11.9. The number of hydrogen-bond donors (Lipinski definition) is 1. The molecule has 0 radical (unpaired) electrons. The average molecular weight is 258 g/mol. The summed E-state index contributed by atoms with van der Waals surface area (Å²) < 4.78 is 40.7. The number of methoxy groups -OCH3 is 1. The SMILES string of the molecule is COc1cc(CNCCC(F)(F)F)ccc1C#N. The van der Waals surface area contributed by atoms with Gasteiger partial charge in [-0.05, 0) is 17.7 Å². The zero-order valence-corrected chi connectivity index (χ0v) is 9.84. The van der Waals surface area contributed by atoms with Crippen LogP contribution in [-0.4, -0.2) is 19.8 Å². The van der Waals surface area contributed by atoms with Crippen LogP contribution in [0.1, 0.15) is 17.5 Å². The Labute approximate surface area is 103 Å². The highest BCUT2D eigenvalue weighted by molar-refractivity contribution is 5.45. The second-order valence-corrected chi connectivity index (χ2v) is 3.69. The van der Waals surface area contributed by atoms with Crippen LogP contribution in [0.5, 0.6) is 5.75 Å². The molecule has 1 aromatic carbocycles. The Morgan fingerprint density at radius 2 is 2.11 bits per heavy atom. The van der Waals surface area contributed by atoms with Crippen LogP contribution in [0.2, 0.25) is 0 Å². The molecule has 0 saturated heterocycles. The first kappa shape index (κ1) is 14.3. The van der Waals surface area contributed by atoms with Crippen LogP contribution in [0.4, 0.5) is 13.2 Å². The Hall–Kier alpha value is -1.74. The molecule has 1 aromatic rings. The molecule has 18 heavy (non-hydrogen) atoms. The summed E-state index contributed by atoms with van der Waals surface area (Å²) in [6, 6.07) is 6.87. The Kier molecular flexibility index (Phi) is 4.98. The molecule has 0 amide bonds. The maximum Gasteiger partial charge on any atom is 0.390 e. The van der Waals surface area contributed by atoms with Crippen molar-refractivity contribution in [3.63, 3.8) is 0 Å². The van der Waals surface area contributed by atoms with Gasteiger partial charge in [-0.3, -0.25) is 0 Å². The molecular weight excluding hydrogens is 245 g/mol. The molecule has 0 aliphatic carbocycles. The van der Waals surface area contributed by atoms with E-state index in [1.807, 2.05) is 6.07 Å². The Morgan fingerprint density at radius 3 is 2.67 bits per heavy atom. The molecule has 98 valence electrons. The molecule has 6 heteroatoms. The molecule has 0 saturated carbocycles. The summed E-state index contributed by atoms with van der Waals surface area (Å²) in [4.78, 5) is 0. The number of alkyl halides is 3. The number of nitrogens with one attached hydrogen (secondary N) is 1. The first-order valence-corrected chi connectivity index (χ1v) is 5.31. The quantitative estimate of drug-likeness (QED) is 0.826. The van der Waals surface area contributed by atoms with Gasteiger partial charge in [-0.1, -0.05) is 6.07 Å². The lowest BCUT2D eigenvalue weighted by molar-refractivity contribution is -0.133. The van der Waals surface area contributed by atoms with Crippen molar-refractivity contribution in [2.24, 2.45) is 0 Å². The second-order valence-electron chi connectivity index (χ2n) is 3.69. The summed E-state index contributed by atoms with van der Waals surface area (Å²) in [6.07, 6.45) is -5.00. The van der Waals surface area contributed by atoms with E-state index in [1.54, 1.807) is 18.2 Å². The van der Waals surface area contributed by atoms with Gasteiger partial charge in [0.25, 0.3) is 0 Å². The third kappa shape index (κ3) is 4.63. The van der Waals surface area contributed by atoms with E-state index in [4.69, 9.17) is 10.00 Å². The zero-order valence-electron chi connectivity index (χ0n) is 9.84. The fourth-order valence-corrected chi connectivity index (χ4v) is 1.40. The molecule has 1 N–H and O–H groups in total. The largest absolute Gasteiger partial charge is 0.495 e. The fourth-order valence-electron chi connectivity index (χ4n) is 1.40. The number of nitriles is 1. The minimum absolute atomic E-state index is 0.133. The minimum Gasteiger partial charge on any atom is -0.495 e. The van der Waals surface area contributed by atoms with Crippen molar-refractivity contribution in [2.45, 2.75) is 19.1 Å². The van der Waals surface area contributed by atoms with Gasteiger partial charge >= 0.3 is 6.18 Å². The molecule has 0 spiro atoms. The van der Waals surface area contributed by atoms with Crippen molar-refractivity contribution in [3.05, 3.63) is 29.3 Å². The predicted octanol–water partition coefficient (Wildman–Crippen LogP) is 2.61. The fraction of sp³-hybridized carbons (Fsp3) is 0.417. The molecular formula is C12H13F3N2O. The van der Waals surface area contributed by atoms with Crippen LogP contribution in [0.15, 0.2) is 18.2 Å². The van der Waals surface area contributed by atoms with Gasteiger partial charge in [0, 0.05) is 13.1 Å². The molecule has 0 unspecified atom stereocenters. The van der Waals surface area contributed by atoms with Crippen molar-refractivity contribution in [2.75, 3.05) is 13.7 Å².